The number of H-pyrrole nitrogens is 1. The molecule has 0 unspecified atom stereocenters. The zero-order valence-electron chi connectivity index (χ0n) is 21.4. The smallest absolute Gasteiger partial charge is 0.285 e. The third kappa shape index (κ3) is 5.20. The van der Waals surface area contributed by atoms with Gasteiger partial charge in [0.25, 0.3) is 11.5 Å². The van der Waals surface area contributed by atoms with E-state index in [0.717, 1.165) is 28.3 Å². The van der Waals surface area contributed by atoms with Crippen LogP contribution in [0.2, 0.25) is 5.15 Å². The van der Waals surface area contributed by atoms with E-state index in [1.807, 2.05) is 42.8 Å². The van der Waals surface area contributed by atoms with Crippen LogP contribution < -0.4 is 15.6 Å². The van der Waals surface area contributed by atoms with Crippen molar-refractivity contribution in [1.82, 2.24) is 29.5 Å². The molecule has 2 aromatic carbocycles. The van der Waals surface area contributed by atoms with Crippen molar-refractivity contribution in [2.45, 2.75) is 19.9 Å². The first-order valence-corrected chi connectivity index (χ1v) is 14.1. The van der Waals surface area contributed by atoms with Crippen LogP contribution >= 0.6 is 11.6 Å². The van der Waals surface area contributed by atoms with Crippen LogP contribution in [0.15, 0.2) is 53.5 Å². The lowest BCUT2D eigenvalue weighted by Crippen LogP contribution is -2.31. The molecule has 5 aromatic rings. The van der Waals surface area contributed by atoms with Crippen LogP contribution in [0.1, 0.15) is 34.6 Å². The number of halogens is 1. The van der Waals surface area contributed by atoms with Crippen molar-refractivity contribution in [1.29, 1.82) is 0 Å². The number of pyridine rings is 1. The van der Waals surface area contributed by atoms with E-state index in [-0.39, 0.29) is 22.1 Å². The van der Waals surface area contributed by atoms with Gasteiger partial charge in [-0.2, -0.15) is 5.10 Å². The van der Waals surface area contributed by atoms with Gasteiger partial charge in [-0.25, -0.2) is 23.1 Å². The Hall–Kier alpha value is -4.29. The normalized spacial score (nSPS) is 12.5. The molecule has 1 atom stereocenters. The van der Waals surface area contributed by atoms with E-state index in [1.165, 1.54) is 10.6 Å². The fourth-order valence-electron chi connectivity index (χ4n) is 4.48. The van der Waals surface area contributed by atoms with Crippen molar-refractivity contribution < 1.29 is 13.2 Å². The highest BCUT2D eigenvalue weighted by atomic mass is 35.5. The minimum atomic E-state index is -3.83. The number of aromatic amines is 1. The Morgan fingerprint density at radius 1 is 1.13 bits per heavy atom. The maximum Gasteiger partial charge on any atom is 0.285 e. The molecule has 0 aliphatic carbocycles. The molecule has 0 aliphatic heterocycles. The van der Waals surface area contributed by atoms with Crippen LogP contribution in [0.4, 0.5) is 5.69 Å². The molecular weight excluding hydrogens is 542 g/mol. The quantitative estimate of drug-likeness (QED) is 0.264. The summed E-state index contributed by atoms with van der Waals surface area (Å²) in [4.78, 5) is 35.1. The third-order valence-corrected chi connectivity index (χ3v) is 7.01. The van der Waals surface area contributed by atoms with E-state index < -0.39 is 22.0 Å². The van der Waals surface area contributed by atoms with Gasteiger partial charge in [0.05, 0.1) is 40.6 Å². The molecule has 200 valence electrons. The van der Waals surface area contributed by atoms with Gasteiger partial charge in [0, 0.05) is 23.6 Å². The van der Waals surface area contributed by atoms with Crippen molar-refractivity contribution in [3.05, 3.63) is 81.0 Å². The lowest BCUT2D eigenvalue weighted by atomic mass is 10.0. The number of carbonyl (C=O) groups is 1. The number of carbonyl (C=O) groups excluding carboxylic acids is 1. The second kappa shape index (κ2) is 9.79. The number of fused-ring (bicyclic) bond motifs is 2. The zero-order chi connectivity index (χ0) is 28.1. The maximum atomic E-state index is 13.5. The van der Waals surface area contributed by atoms with Gasteiger partial charge in [0.15, 0.2) is 5.69 Å². The van der Waals surface area contributed by atoms with Crippen molar-refractivity contribution in [3.63, 3.8) is 0 Å². The number of nitrogens with one attached hydrogen (secondary N) is 3. The summed E-state index contributed by atoms with van der Waals surface area (Å²) in [5.41, 5.74) is 3.53. The van der Waals surface area contributed by atoms with Gasteiger partial charge in [-0.15, -0.1) is 0 Å². The summed E-state index contributed by atoms with van der Waals surface area (Å²) in [5, 5.41) is 11.5. The minimum Gasteiger partial charge on any atom is -0.377 e. The predicted molar refractivity (Wildman–Crippen MR) is 150 cm³/mol. The first kappa shape index (κ1) is 26.3. The molecule has 13 heteroatoms. The van der Waals surface area contributed by atoms with Gasteiger partial charge >= 0.3 is 0 Å². The van der Waals surface area contributed by atoms with Gasteiger partial charge in [-0.05, 0) is 55.8 Å². The Morgan fingerprint density at radius 3 is 2.64 bits per heavy atom. The summed E-state index contributed by atoms with van der Waals surface area (Å²) in [6, 6.07) is 11.9. The number of sulfonamides is 1. The zero-order valence-corrected chi connectivity index (χ0v) is 23.0. The Kier molecular flexibility index (Phi) is 6.60. The Balaban J connectivity index is 1.62. The molecule has 3 N–H and O–H groups in total. The second-order valence-corrected chi connectivity index (χ2v) is 11.5. The fourth-order valence-corrected chi connectivity index (χ4v) is 5.06. The summed E-state index contributed by atoms with van der Waals surface area (Å²) in [6.07, 6.45) is 2.58. The van der Waals surface area contributed by atoms with Gasteiger partial charge < -0.3 is 5.32 Å². The Labute approximate surface area is 228 Å². The van der Waals surface area contributed by atoms with Crippen LogP contribution in [-0.2, 0) is 17.1 Å². The van der Waals surface area contributed by atoms with E-state index in [2.05, 4.69) is 20.5 Å². The highest BCUT2D eigenvalue weighted by Gasteiger charge is 2.22. The van der Waals surface area contributed by atoms with Gasteiger partial charge in [0.2, 0.25) is 10.0 Å². The number of hydrogen-bond acceptors (Lipinski definition) is 8. The maximum absolute atomic E-state index is 13.5. The molecule has 0 bridgehead atoms. The summed E-state index contributed by atoms with van der Waals surface area (Å²) >= 11 is 6.00. The number of aromatic nitrogens is 5. The van der Waals surface area contributed by atoms with E-state index in [1.54, 1.807) is 25.4 Å². The number of benzene rings is 2. The molecule has 0 saturated carbocycles. The fraction of sp³-hybridized carbons (Fsp3) is 0.192. The molecule has 0 saturated heterocycles. The summed E-state index contributed by atoms with van der Waals surface area (Å²) < 4.78 is 26.7. The number of rotatable bonds is 6. The highest BCUT2D eigenvalue weighted by molar-refractivity contribution is 7.89. The number of hydrogen-bond donors (Lipinski definition) is 3. The molecule has 5 rings (SSSR count). The summed E-state index contributed by atoms with van der Waals surface area (Å²) in [6.45, 7) is 3.72. The van der Waals surface area contributed by atoms with E-state index >= 15 is 0 Å². The summed E-state index contributed by atoms with van der Waals surface area (Å²) in [5.74, 6) is -0.443. The number of nitrogens with zero attached hydrogens (tertiary/aromatic N) is 4. The van der Waals surface area contributed by atoms with Gasteiger partial charge in [-0.1, -0.05) is 17.7 Å². The van der Waals surface area contributed by atoms with Crippen molar-refractivity contribution >= 4 is 55.0 Å². The molecule has 11 nitrogen and oxygen atoms in total. The average Bonchev–Trinajstić information content (AvgIpc) is 3.34. The molecule has 3 aromatic heterocycles. The highest BCUT2D eigenvalue weighted by Crippen LogP contribution is 2.30. The standard InChI is InChI=1S/C26H24ClN7O4S/c1-13-9-17(14(2)29-20-7-8-21(27)30-23(20)25(35)33-39(4,37)38)22-18(10-13)26(36)34(3)24(31-22)15-5-6-19-16(11-15)12-28-32-19/h5-12,14,29H,1-4H3,(H,28,32)(H,33,35)/t14-/m1/s1. The van der Waals surface area contributed by atoms with Gasteiger partial charge in [0.1, 0.15) is 11.0 Å². The van der Waals surface area contributed by atoms with Crippen molar-refractivity contribution in [2.75, 3.05) is 11.6 Å². The van der Waals surface area contributed by atoms with Crippen molar-refractivity contribution in [2.24, 2.45) is 7.05 Å². The average molecular weight is 566 g/mol. The van der Waals surface area contributed by atoms with Crippen LogP contribution in [0.5, 0.6) is 0 Å². The molecule has 0 radical (unpaired) electrons. The first-order chi connectivity index (χ1) is 18.4. The van der Waals surface area contributed by atoms with Crippen LogP contribution in [-0.4, -0.2) is 45.3 Å². The Morgan fingerprint density at radius 2 is 1.90 bits per heavy atom. The predicted octanol–water partition coefficient (Wildman–Crippen LogP) is 3.70. The van der Waals surface area contributed by atoms with E-state index in [9.17, 15) is 18.0 Å². The molecular formula is C26H24ClN7O4S. The molecule has 1 amide bonds. The minimum absolute atomic E-state index is 0.0252. The lowest BCUT2D eigenvalue weighted by molar-refractivity contribution is 0.0977. The molecule has 0 aliphatic rings. The Bertz CT molecular complexity index is 1950. The van der Waals surface area contributed by atoms with E-state index in [0.29, 0.717) is 22.3 Å². The monoisotopic (exact) mass is 565 g/mol. The molecule has 3 heterocycles. The number of amides is 1. The number of aryl methyl sites for hydroxylation is 1. The lowest BCUT2D eigenvalue weighted by Gasteiger charge is -2.20. The van der Waals surface area contributed by atoms with Crippen LogP contribution in [0, 0.1) is 6.92 Å². The molecule has 39 heavy (non-hydrogen) atoms. The SMILES string of the molecule is Cc1cc([C@@H](C)Nc2ccc(Cl)nc2C(=O)NS(C)(=O)=O)c2nc(-c3ccc4[nH]ncc4c3)n(C)c(=O)c2c1. The largest absolute Gasteiger partial charge is 0.377 e. The number of anilines is 1. The molecule has 0 fully saturated rings. The van der Waals surface area contributed by atoms with E-state index in [4.69, 9.17) is 16.6 Å². The van der Waals surface area contributed by atoms with Gasteiger partial charge in [-0.3, -0.25) is 19.3 Å². The third-order valence-electron chi connectivity index (χ3n) is 6.25. The van der Waals surface area contributed by atoms with Crippen molar-refractivity contribution in [3.8, 4) is 11.4 Å². The van der Waals surface area contributed by atoms with Crippen LogP contribution in [0.3, 0.4) is 0 Å². The second-order valence-electron chi connectivity index (χ2n) is 9.32. The molecule has 0 spiro atoms. The first-order valence-electron chi connectivity index (χ1n) is 11.8. The van der Waals surface area contributed by atoms with Crippen LogP contribution in [0.25, 0.3) is 33.2 Å². The summed E-state index contributed by atoms with van der Waals surface area (Å²) in [7, 11) is -2.15. The topological polar surface area (TPSA) is 152 Å².